The summed E-state index contributed by atoms with van der Waals surface area (Å²) in [4.78, 5) is 8.64. The zero-order chi connectivity index (χ0) is 21.5. The molecule has 0 bridgehead atoms. The van der Waals surface area contributed by atoms with Crippen LogP contribution in [0.5, 0.6) is 5.75 Å². The van der Waals surface area contributed by atoms with Crippen molar-refractivity contribution in [2.45, 2.75) is 19.8 Å². The van der Waals surface area contributed by atoms with Gasteiger partial charge in [0.05, 0.1) is 34.9 Å². The summed E-state index contributed by atoms with van der Waals surface area (Å²) in [5, 5.41) is 18.1. The van der Waals surface area contributed by atoms with Gasteiger partial charge in [-0.25, -0.2) is 9.83 Å². The standard InChI is InChI=1S/C22H18N6OS2/c1-3-4-13-29-18-11-9-17(10-12-18)26-25-15-5-7-16(8-6-15)27-28-22-24-21-19(30-22)14-20(23-2)31-21/h5-12,14H,3-4,13H2,1H3. The van der Waals surface area contributed by atoms with Gasteiger partial charge in [0, 0.05) is 0 Å². The van der Waals surface area contributed by atoms with Crippen molar-refractivity contribution in [1.29, 1.82) is 0 Å². The molecule has 0 saturated heterocycles. The van der Waals surface area contributed by atoms with Crippen molar-refractivity contribution in [2.24, 2.45) is 20.5 Å². The second-order valence-corrected chi connectivity index (χ2v) is 8.49. The minimum absolute atomic E-state index is 0.573. The Kier molecular flexibility index (Phi) is 6.72. The highest BCUT2D eigenvalue weighted by Gasteiger charge is 2.07. The van der Waals surface area contributed by atoms with Crippen molar-refractivity contribution in [2.75, 3.05) is 6.61 Å². The lowest BCUT2D eigenvalue weighted by molar-refractivity contribution is 0.309. The summed E-state index contributed by atoms with van der Waals surface area (Å²) in [6.07, 6.45) is 2.16. The zero-order valence-electron chi connectivity index (χ0n) is 16.7. The number of hydrogen-bond acceptors (Lipinski definition) is 8. The molecule has 0 amide bonds. The second kappa shape index (κ2) is 10.0. The van der Waals surface area contributed by atoms with E-state index in [1.165, 1.54) is 22.7 Å². The van der Waals surface area contributed by atoms with Crippen LogP contribution >= 0.6 is 22.7 Å². The van der Waals surface area contributed by atoms with Crippen LogP contribution in [0.2, 0.25) is 0 Å². The van der Waals surface area contributed by atoms with Crippen molar-refractivity contribution < 1.29 is 4.74 Å². The normalized spacial score (nSPS) is 11.5. The zero-order valence-corrected chi connectivity index (χ0v) is 18.4. The van der Waals surface area contributed by atoms with Gasteiger partial charge >= 0.3 is 0 Å². The van der Waals surface area contributed by atoms with Crippen LogP contribution in [0.4, 0.5) is 27.2 Å². The maximum absolute atomic E-state index is 7.05. The molecule has 2 aromatic carbocycles. The maximum Gasteiger partial charge on any atom is 0.244 e. The molecule has 0 N–H and O–H groups in total. The van der Waals surface area contributed by atoms with Crippen LogP contribution in [-0.4, -0.2) is 11.6 Å². The third-order valence-corrected chi connectivity index (χ3v) is 6.10. The van der Waals surface area contributed by atoms with Crippen LogP contribution in [0.25, 0.3) is 14.4 Å². The first-order valence-corrected chi connectivity index (χ1v) is 11.3. The smallest absolute Gasteiger partial charge is 0.244 e. The summed E-state index contributed by atoms with van der Waals surface area (Å²) in [6, 6.07) is 16.7. The fourth-order valence-electron chi connectivity index (χ4n) is 2.55. The van der Waals surface area contributed by atoms with Gasteiger partial charge in [0.15, 0.2) is 0 Å². The molecule has 0 unspecified atom stereocenters. The number of hydrogen-bond donors (Lipinski definition) is 0. The molecule has 0 spiro atoms. The largest absolute Gasteiger partial charge is 0.494 e. The summed E-state index contributed by atoms with van der Waals surface area (Å²) in [6.45, 7) is 9.91. The molecular weight excluding hydrogens is 428 g/mol. The Labute approximate surface area is 187 Å². The molecule has 0 radical (unpaired) electrons. The maximum atomic E-state index is 7.05. The van der Waals surface area contributed by atoms with Crippen LogP contribution in [-0.2, 0) is 0 Å². The number of aromatic nitrogens is 1. The number of thiophene rings is 1. The highest BCUT2D eigenvalue weighted by atomic mass is 32.1. The van der Waals surface area contributed by atoms with Gasteiger partial charge < -0.3 is 4.74 Å². The van der Waals surface area contributed by atoms with Crippen molar-refractivity contribution in [3.05, 3.63) is 66.0 Å². The fourth-order valence-corrected chi connectivity index (χ4v) is 4.37. The van der Waals surface area contributed by atoms with Crippen molar-refractivity contribution >= 4 is 59.4 Å². The van der Waals surface area contributed by atoms with Crippen molar-refractivity contribution in [1.82, 2.24) is 4.98 Å². The van der Waals surface area contributed by atoms with E-state index in [1.54, 1.807) is 0 Å². The van der Waals surface area contributed by atoms with Gasteiger partial charge in [0.1, 0.15) is 10.6 Å². The lowest BCUT2D eigenvalue weighted by Crippen LogP contribution is -1.95. The van der Waals surface area contributed by atoms with Crippen molar-refractivity contribution in [3.63, 3.8) is 0 Å². The predicted molar refractivity (Wildman–Crippen MR) is 125 cm³/mol. The SMILES string of the molecule is [C-]#[N+]c1cc2sc(N=Nc3ccc(N=Nc4ccc(OCCCC)cc4)cc3)nc2s1. The first-order chi connectivity index (χ1) is 15.2. The van der Waals surface area contributed by atoms with E-state index in [0.717, 1.165) is 46.1 Å². The van der Waals surface area contributed by atoms with Crippen LogP contribution in [0.15, 0.2) is 75.1 Å². The first-order valence-electron chi connectivity index (χ1n) is 9.68. The quantitative estimate of drug-likeness (QED) is 0.154. The summed E-state index contributed by atoms with van der Waals surface area (Å²) in [5.41, 5.74) is 2.19. The Balaban J connectivity index is 1.35. The average Bonchev–Trinajstić information content (AvgIpc) is 3.36. The third kappa shape index (κ3) is 5.57. The monoisotopic (exact) mass is 446 g/mol. The van der Waals surface area contributed by atoms with Gasteiger partial charge in [0.25, 0.3) is 0 Å². The molecule has 0 aliphatic carbocycles. The van der Waals surface area contributed by atoms with Crippen LogP contribution in [0.3, 0.4) is 0 Å². The van der Waals surface area contributed by atoms with E-state index in [9.17, 15) is 0 Å². The number of fused-ring (bicyclic) bond motifs is 1. The number of unbranched alkanes of at least 4 members (excludes halogenated alkanes) is 1. The lowest BCUT2D eigenvalue weighted by Gasteiger charge is -2.04. The number of rotatable bonds is 8. The summed E-state index contributed by atoms with van der Waals surface area (Å²) < 4.78 is 6.61. The Morgan fingerprint density at radius 2 is 1.52 bits per heavy atom. The molecule has 154 valence electrons. The fraction of sp³-hybridized carbons (Fsp3) is 0.182. The van der Waals surface area contributed by atoms with E-state index >= 15 is 0 Å². The number of thiazole rings is 1. The molecule has 0 atom stereocenters. The number of azo groups is 2. The number of benzene rings is 2. The summed E-state index contributed by atoms with van der Waals surface area (Å²) in [7, 11) is 0. The highest BCUT2D eigenvalue weighted by Crippen LogP contribution is 2.38. The van der Waals surface area contributed by atoms with E-state index in [0.29, 0.717) is 15.8 Å². The summed E-state index contributed by atoms with van der Waals surface area (Å²) in [5.74, 6) is 0.842. The van der Waals surface area contributed by atoms with Gasteiger partial charge in [-0.15, -0.1) is 21.6 Å². The Morgan fingerprint density at radius 1 is 0.903 bits per heavy atom. The van der Waals surface area contributed by atoms with Crippen molar-refractivity contribution in [3.8, 4) is 5.75 Å². The Bertz CT molecular complexity index is 1220. The van der Waals surface area contributed by atoms with Crippen LogP contribution in [0.1, 0.15) is 19.8 Å². The van der Waals surface area contributed by atoms with E-state index in [-0.39, 0.29) is 0 Å². The molecule has 4 aromatic rings. The van der Waals surface area contributed by atoms with E-state index < -0.39 is 0 Å². The van der Waals surface area contributed by atoms with Crippen LogP contribution in [0, 0.1) is 6.57 Å². The number of ether oxygens (including phenoxy) is 1. The minimum atomic E-state index is 0.573. The first kappa shape index (κ1) is 20.8. The third-order valence-electron chi connectivity index (χ3n) is 4.16. The molecule has 31 heavy (non-hydrogen) atoms. The molecule has 9 heteroatoms. The average molecular weight is 447 g/mol. The Morgan fingerprint density at radius 3 is 2.10 bits per heavy atom. The molecule has 7 nitrogen and oxygen atoms in total. The van der Waals surface area contributed by atoms with E-state index in [2.05, 4.69) is 37.2 Å². The van der Waals surface area contributed by atoms with Gasteiger partial charge in [0.2, 0.25) is 10.1 Å². The predicted octanol–water partition coefficient (Wildman–Crippen LogP) is 8.92. The molecule has 0 fully saturated rings. The van der Waals surface area contributed by atoms with Gasteiger partial charge in [-0.2, -0.15) is 10.2 Å². The summed E-state index contributed by atoms with van der Waals surface area (Å²) >= 11 is 2.78. The van der Waals surface area contributed by atoms with E-state index in [1.807, 2.05) is 54.6 Å². The molecule has 0 saturated carbocycles. The van der Waals surface area contributed by atoms with Gasteiger partial charge in [-0.1, -0.05) is 24.7 Å². The topological polar surface area (TPSA) is 75.9 Å². The highest BCUT2D eigenvalue weighted by molar-refractivity contribution is 7.30. The lowest BCUT2D eigenvalue weighted by atomic mass is 10.3. The Hall–Kier alpha value is -3.48. The molecule has 2 heterocycles. The minimum Gasteiger partial charge on any atom is -0.494 e. The molecule has 0 aliphatic rings. The van der Waals surface area contributed by atoms with E-state index in [4.69, 9.17) is 11.3 Å². The molecule has 0 aliphatic heterocycles. The molecular formula is C22H18N6OS2. The molecule has 4 rings (SSSR count). The second-order valence-electron chi connectivity index (χ2n) is 6.47. The van der Waals surface area contributed by atoms with Gasteiger partial charge in [-0.05, 0) is 61.0 Å². The number of nitrogens with zero attached hydrogens (tertiary/aromatic N) is 6. The molecule has 2 aromatic heterocycles. The van der Waals surface area contributed by atoms with Crippen LogP contribution < -0.4 is 4.74 Å². The van der Waals surface area contributed by atoms with Gasteiger partial charge in [-0.3, -0.25) is 0 Å².